The summed E-state index contributed by atoms with van der Waals surface area (Å²) in [5.41, 5.74) is 11.8. The van der Waals surface area contributed by atoms with Gasteiger partial charge in [-0.25, -0.2) is 19.2 Å². The molecule has 1 saturated heterocycles. The number of nitrogens with zero attached hydrogens (tertiary/aromatic N) is 3. The number of rotatable bonds is 20. The summed E-state index contributed by atoms with van der Waals surface area (Å²) in [6.45, 7) is 21.7. The zero-order valence-corrected chi connectivity index (χ0v) is 38.2. The number of carbonyl (C=O) groups is 4. The monoisotopic (exact) mass is 868 g/mol. The molecule has 1 aliphatic heterocycles. The molecule has 6 N–H and O–H groups in total. The van der Waals surface area contributed by atoms with Gasteiger partial charge in [-0.2, -0.15) is 0 Å². The molecule has 0 aliphatic carbocycles. The van der Waals surface area contributed by atoms with Crippen molar-refractivity contribution in [1.82, 2.24) is 15.5 Å². The molecule has 2 amide bonds. The Morgan fingerprint density at radius 1 is 0.661 bits per heavy atom. The highest BCUT2D eigenvalue weighted by Crippen LogP contribution is 2.23. The van der Waals surface area contributed by atoms with Gasteiger partial charge < -0.3 is 55.6 Å². The lowest BCUT2D eigenvalue weighted by Gasteiger charge is -2.32. The van der Waals surface area contributed by atoms with Crippen LogP contribution in [0.3, 0.4) is 0 Å². The predicted octanol–water partition coefficient (Wildman–Crippen LogP) is 6.45. The van der Waals surface area contributed by atoms with E-state index < -0.39 is 47.4 Å². The van der Waals surface area contributed by atoms with Crippen LogP contribution in [0.15, 0.2) is 58.8 Å². The van der Waals surface area contributed by atoms with E-state index in [1.54, 1.807) is 118 Å². The molecule has 0 radical (unpaired) electrons. The number of piperidine rings is 1. The Morgan fingerprint density at radius 3 is 1.42 bits per heavy atom. The molecule has 1 heterocycles. The Bertz CT molecular complexity index is 1660. The number of ether oxygens (including phenoxy) is 4. The van der Waals surface area contributed by atoms with Gasteiger partial charge in [0.05, 0.1) is 13.2 Å². The number of likely N-dealkylation sites (tertiary alicyclic amines) is 1. The minimum Gasteiger partial charge on any atom is -0.494 e. The summed E-state index contributed by atoms with van der Waals surface area (Å²) in [6.07, 6.45) is 3.77. The molecule has 0 unspecified atom stereocenters. The molecular formula is C45H69N7O10. The zero-order valence-electron chi connectivity index (χ0n) is 38.2. The zero-order chi connectivity index (χ0) is 46.0. The molecule has 1 fully saturated rings. The molecule has 0 saturated carbocycles. The molecule has 344 valence electrons. The van der Waals surface area contributed by atoms with E-state index in [1.165, 1.54) is 0 Å². The van der Waals surface area contributed by atoms with Gasteiger partial charge in [-0.05, 0) is 153 Å². The molecule has 2 aromatic carbocycles. The SMILES string of the molecule is CC(C)[C@H](NC(=O)OC(C)(C)C)C(=O)ON=C(N)c1ccc(OCCCC2CCN(CCCOc3ccc(C(N)=NOC(=O)[C@@H](NC(=O)OC(C)(C)C)C(C)C)cc3)CC2)cc1. The second-order valence-corrected chi connectivity index (χ2v) is 18.0. The van der Waals surface area contributed by atoms with Crippen LogP contribution in [0.5, 0.6) is 11.5 Å². The van der Waals surface area contributed by atoms with Crippen LogP contribution in [-0.2, 0) is 28.7 Å². The summed E-state index contributed by atoms with van der Waals surface area (Å²) >= 11 is 0. The van der Waals surface area contributed by atoms with Crippen molar-refractivity contribution in [2.75, 3.05) is 32.8 Å². The molecule has 17 nitrogen and oxygen atoms in total. The first-order chi connectivity index (χ1) is 29.1. The van der Waals surface area contributed by atoms with Gasteiger partial charge in [0.15, 0.2) is 11.7 Å². The molecule has 0 bridgehead atoms. The smallest absolute Gasteiger partial charge is 0.408 e. The third-order valence-electron chi connectivity index (χ3n) is 9.57. The second-order valence-electron chi connectivity index (χ2n) is 18.0. The second kappa shape index (κ2) is 24.2. The van der Waals surface area contributed by atoms with Crippen LogP contribution in [0.25, 0.3) is 0 Å². The van der Waals surface area contributed by atoms with Gasteiger partial charge in [-0.3, -0.25) is 0 Å². The Morgan fingerprint density at radius 2 is 1.05 bits per heavy atom. The largest absolute Gasteiger partial charge is 0.494 e. The fourth-order valence-corrected chi connectivity index (χ4v) is 6.25. The number of carbonyl (C=O) groups excluding carboxylic acids is 4. The fraction of sp³-hybridized carbons (Fsp3) is 0.600. The van der Waals surface area contributed by atoms with Crippen molar-refractivity contribution >= 4 is 35.8 Å². The number of oxime groups is 2. The van der Waals surface area contributed by atoms with Crippen molar-refractivity contribution in [2.24, 2.45) is 39.5 Å². The van der Waals surface area contributed by atoms with Gasteiger partial charge >= 0.3 is 24.1 Å². The molecule has 0 aromatic heterocycles. The lowest BCUT2D eigenvalue weighted by molar-refractivity contribution is -0.148. The molecule has 62 heavy (non-hydrogen) atoms. The number of nitrogens with one attached hydrogen (secondary N) is 2. The van der Waals surface area contributed by atoms with E-state index in [9.17, 15) is 19.2 Å². The van der Waals surface area contributed by atoms with Gasteiger partial charge in [0.25, 0.3) is 0 Å². The molecule has 3 rings (SSSR count). The maximum absolute atomic E-state index is 12.7. The van der Waals surface area contributed by atoms with E-state index >= 15 is 0 Å². The van der Waals surface area contributed by atoms with E-state index in [2.05, 4.69) is 25.8 Å². The highest BCUT2D eigenvalue weighted by atomic mass is 16.7. The maximum Gasteiger partial charge on any atom is 0.408 e. The predicted molar refractivity (Wildman–Crippen MR) is 237 cm³/mol. The highest BCUT2D eigenvalue weighted by Gasteiger charge is 2.30. The van der Waals surface area contributed by atoms with Crippen LogP contribution in [-0.4, -0.2) is 96.8 Å². The highest BCUT2D eigenvalue weighted by molar-refractivity contribution is 5.98. The number of benzene rings is 2. The first-order valence-corrected chi connectivity index (χ1v) is 21.4. The van der Waals surface area contributed by atoms with Crippen molar-refractivity contribution in [3.63, 3.8) is 0 Å². The molecule has 0 spiro atoms. The number of hydrogen-bond acceptors (Lipinski definition) is 13. The van der Waals surface area contributed by atoms with Gasteiger partial charge in [0, 0.05) is 17.7 Å². The number of hydrogen-bond donors (Lipinski definition) is 4. The first kappa shape index (κ1) is 50.8. The van der Waals surface area contributed by atoms with E-state index in [4.69, 9.17) is 40.1 Å². The molecular weight excluding hydrogens is 799 g/mol. The van der Waals surface area contributed by atoms with E-state index in [1.807, 2.05) is 0 Å². The minimum atomic E-state index is -0.963. The van der Waals surface area contributed by atoms with Crippen molar-refractivity contribution < 1.29 is 47.8 Å². The quantitative estimate of drug-likeness (QED) is 0.0369. The maximum atomic E-state index is 12.7. The first-order valence-electron chi connectivity index (χ1n) is 21.4. The molecule has 1 aliphatic rings. The average molecular weight is 868 g/mol. The Labute approximate surface area is 366 Å². The third kappa shape index (κ3) is 19.0. The van der Waals surface area contributed by atoms with Crippen molar-refractivity contribution in [1.29, 1.82) is 0 Å². The van der Waals surface area contributed by atoms with Crippen LogP contribution in [0.4, 0.5) is 9.59 Å². The van der Waals surface area contributed by atoms with Crippen molar-refractivity contribution in [2.45, 2.75) is 125 Å². The van der Waals surface area contributed by atoms with Crippen LogP contribution in [0, 0.1) is 17.8 Å². The van der Waals surface area contributed by atoms with Crippen LogP contribution in [0.1, 0.15) is 112 Å². The summed E-state index contributed by atoms with van der Waals surface area (Å²) in [6, 6.07) is 12.2. The fourth-order valence-electron chi connectivity index (χ4n) is 6.25. The molecule has 2 aromatic rings. The van der Waals surface area contributed by atoms with E-state index in [-0.39, 0.29) is 23.5 Å². The number of amides is 2. The normalized spacial score (nSPS) is 15.4. The van der Waals surface area contributed by atoms with Crippen molar-refractivity contribution in [3.05, 3.63) is 59.7 Å². The lowest BCUT2D eigenvalue weighted by atomic mass is 9.92. The Hall–Kier alpha value is -5.58. The summed E-state index contributed by atoms with van der Waals surface area (Å²) < 4.78 is 22.4. The molecule has 17 heteroatoms. The minimum absolute atomic E-state index is 0.0113. The van der Waals surface area contributed by atoms with Crippen molar-refractivity contribution in [3.8, 4) is 11.5 Å². The molecule has 2 atom stereocenters. The lowest BCUT2D eigenvalue weighted by Crippen LogP contribution is -2.46. The number of alkyl carbamates (subject to hydrolysis) is 2. The van der Waals surface area contributed by atoms with Crippen LogP contribution in [0.2, 0.25) is 0 Å². The summed E-state index contributed by atoms with van der Waals surface area (Å²) in [7, 11) is 0. The third-order valence-corrected chi connectivity index (χ3v) is 9.57. The summed E-state index contributed by atoms with van der Waals surface area (Å²) in [5, 5.41) is 12.6. The van der Waals surface area contributed by atoms with Gasteiger partial charge in [0.2, 0.25) is 0 Å². The van der Waals surface area contributed by atoms with E-state index in [0.717, 1.165) is 51.7 Å². The van der Waals surface area contributed by atoms with Crippen LogP contribution >= 0.6 is 0 Å². The Balaban J connectivity index is 1.30. The Kier molecular flexibility index (Phi) is 19.8. The summed E-state index contributed by atoms with van der Waals surface area (Å²) in [5.74, 6) is 0.0402. The average Bonchev–Trinajstić information content (AvgIpc) is 3.19. The van der Waals surface area contributed by atoms with Gasteiger partial charge in [0.1, 0.15) is 34.8 Å². The van der Waals surface area contributed by atoms with Crippen LogP contribution < -0.4 is 31.6 Å². The number of amidine groups is 2. The topological polar surface area (TPSA) is 228 Å². The summed E-state index contributed by atoms with van der Waals surface area (Å²) in [4.78, 5) is 62.3. The van der Waals surface area contributed by atoms with Gasteiger partial charge in [-0.15, -0.1) is 0 Å². The number of nitrogens with two attached hydrogens (primary N) is 2. The van der Waals surface area contributed by atoms with Gasteiger partial charge in [-0.1, -0.05) is 38.0 Å². The van der Waals surface area contributed by atoms with E-state index in [0.29, 0.717) is 41.8 Å². The standard InChI is InChI=1S/C45H69N7O10/c1-29(2)36(48-42(55)59-44(5,6)7)40(53)61-50-38(46)32-14-18-34(19-15-32)57-27-11-13-31-22-25-52(26-23-31)24-12-28-58-35-20-16-33(17-21-35)39(47)51-62-41(54)37(30(3)4)49-43(56)60-45(8,9)10/h14-21,29-31,36-37H,11-13,22-28H2,1-10H3,(H2,46,50)(H2,47,51)(H,48,55)(H,49,56)/t36-,37-/m0/s1.